The third-order valence-electron chi connectivity index (χ3n) is 4.65. The number of hydrogen-bond acceptors (Lipinski definition) is 7. The third-order valence-corrected chi connectivity index (χ3v) is 4.65. The lowest BCUT2D eigenvalue weighted by molar-refractivity contribution is -0.142. The maximum atomic E-state index is 11.5. The smallest absolute Gasteiger partial charge is 0.408 e. The van der Waals surface area contributed by atoms with E-state index in [-0.39, 0.29) is 25.7 Å². The van der Waals surface area contributed by atoms with Crippen LogP contribution in [0.2, 0.25) is 0 Å². The number of hydrogen-bond donors (Lipinski definition) is 5. The van der Waals surface area contributed by atoms with E-state index in [0.29, 0.717) is 11.3 Å². The first kappa shape index (κ1) is 37.9. The number of aromatic hydroxyl groups is 1. The summed E-state index contributed by atoms with van der Waals surface area (Å²) in [6.07, 6.45) is 5.04. The van der Waals surface area contributed by atoms with Gasteiger partial charge >= 0.3 is 12.1 Å². The molecule has 0 aliphatic heterocycles. The molecule has 0 atom stereocenters. The number of carbonyl (C=O) groups is 3. The number of rotatable bonds is 10. The van der Waals surface area contributed by atoms with Gasteiger partial charge in [0, 0.05) is 6.54 Å². The number of phenolic OH excluding ortho intramolecular Hbond substituents is 1. The molecular weight excluding hydrogens is 514 g/mol. The molecule has 224 valence electrons. The van der Waals surface area contributed by atoms with Crippen molar-refractivity contribution in [2.75, 3.05) is 26.2 Å². The van der Waals surface area contributed by atoms with Gasteiger partial charge in [0.05, 0.1) is 0 Å². The average Bonchev–Trinajstić information content (AvgIpc) is 2.85. The molecule has 0 bridgehead atoms. The quantitative estimate of drug-likeness (QED) is 0.125. The van der Waals surface area contributed by atoms with E-state index in [0.717, 1.165) is 24.1 Å². The lowest BCUT2D eigenvalue weighted by atomic mass is 10.0. The highest BCUT2D eigenvalue weighted by atomic mass is 16.6. The van der Waals surface area contributed by atoms with Crippen molar-refractivity contribution in [3.05, 3.63) is 65.8 Å². The molecule has 0 aromatic heterocycles. The predicted molar refractivity (Wildman–Crippen MR) is 160 cm³/mol. The number of benzene rings is 1. The maximum Gasteiger partial charge on any atom is 0.408 e. The van der Waals surface area contributed by atoms with Gasteiger partial charge in [-0.05, 0) is 82.4 Å². The molecule has 0 fully saturated rings. The molecule has 1 rings (SSSR count). The number of phenols is 1. The molecule has 11 nitrogen and oxygen atoms in total. The van der Waals surface area contributed by atoms with Gasteiger partial charge < -0.3 is 36.7 Å². The van der Waals surface area contributed by atoms with Crippen molar-refractivity contribution >= 4 is 23.9 Å². The summed E-state index contributed by atoms with van der Waals surface area (Å²) in [6.45, 7) is 20.5. The minimum atomic E-state index is -0.708. The number of esters is 1. The van der Waals surface area contributed by atoms with Crippen LogP contribution < -0.4 is 22.1 Å². The summed E-state index contributed by atoms with van der Waals surface area (Å²) in [6, 6.07) is 3.56. The fourth-order valence-electron chi connectivity index (χ4n) is 2.49. The predicted octanol–water partition coefficient (Wildman–Crippen LogP) is 3.46. The number of aryl methyl sites for hydroxylation is 2. The zero-order valence-corrected chi connectivity index (χ0v) is 24.9. The molecule has 0 radical (unpaired) electrons. The van der Waals surface area contributed by atoms with Crippen LogP contribution in [0.1, 0.15) is 50.8 Å². The highest BCUT2D eigenvalue weighted by Crippen LogP contribution is 2.19. The molecular formula is C29H47N5O6. The minimum Gasteiger partial charge on any atom is -0.508 e. The van der Waals surface area contributed by atoms with Crippen molar-refractivity contribution in [3.8, 4) is 5.75 Å². The summed E-state index contributed by atoms with van der Waals surface area (Å²) in [5.41, 5.74) is 13.6. The number of aliphatic imine (C=N–C) groups is 1. The molecule has 0 aliphatic carbocycles. The van der Waals surface area contributed by atoms with Crippen LogP contribution in [0.25, 0.3) is 0 Å². The van der Waals surface area contributed by atoms with Gasteiger partial charge in [0.2, 0.25) is 5.91 Å². The van der Waals surface area contributed by atoms with E-state index in [4.69, 9.17) is 26.0 Å². The van der Waals surface area contributed by atoms with Gasteiger partial charge in [0.25, 0.3) is 0 Å². The van der Waals surface area contributed by atoms with Crippen molar-refractivity contribution < 1.29 is 29.0 Å². The highest BCUT2D eigenvalue weighted by molar-refractivity contribution is 5.85. The molecule has 7 N–H and O–H groups in total. The Balaban J connectivity index is 0. The molecule has 0 spiro atoms. The van der Waals surface area contributed by atoms with Crippen LogP contribution in [0.15, 0.2) is 54.1 Å². The second kappa shape index (κ2) is 20.7. The molecule has 2 amide bonds. The lowest BCUT2D eigenvalue weighted by Crippen LogP contribution is -2.41. The van der Waals surface area contributed by atoms with Gasteiger partial charge in [-0.2, -0.15) is 0 Å². The van der Waals surface area contributed by atoms with Crippen LogP contribution in [0.3, 0.4) is 0 Å². The van der Waals surface area contributed by atoms with E-state index >= 15 is 0 Å². The zero-order chi connectivity index (χ0) is 31.3. The minimum absolute atomic E-state index is 0.0420. The second-order valence-corrected chi connectivity index (χ2v) is 9.49. The summed E-state index contributed by atoms with van der Waals surface area (Å²) in [5.74, 6) is -0.590. The van der Waals surface area contributed by atoms with Crippen LogP contribution in [-0.4, -0.2) is 60.9 Å². The molecule has 40 heavy (non-hydrogen) atoms. The molecule has 0 saturated heterocycles. The topological polar surface area (TPSA) is 178 Å². The molecule has 1 aromatic carbocycles. The number of nitrogens with one attached hydrogen (secondary N) is 2. The fraction of sp³-hybridized carbons (Fsp3) is 0.448. The molecule has 0 heterocycles. The molecule has 0 saturated carbocycles. The van der Waals surface area contributed by atoms with Crippen molar-refractivity contribution in [3.63, 3.8) is 0 Å². The first-order valence-corrected chi connectivity index (χ1v) is 12.7. The SMILES string of the molecule is C=C/C=C(\C=C)COC(=O)CNC(=O)CNC(=O)OC(C)(C)C.CCCN=C(N)N.Cc1cc(O)cc(C)c1C. The number of alkyl carbamates (subject to hydrolysis) is 1. The summed E-state index contributed by atoms with van der Waals surface area (Å²) < 4.78 is 9.91. The van der Waals surface area contributed by atoms with Gasteiger partial charge in [0.1, 0.15) is 31.0 Å². The standard InChI is InChI=1S/C16H24N2O5.C9H12O.C4H11N3/c1-6-8-12(7-2)11-22-14(20)10-17-13(19)9-18-15(21)23-16(3,4)5;1-6-4-9(10)5-7(2)8(6)3;1-2-3-7-4(5)6/h6-8H,1-2,9-11H2,3-5H3,(H,17,19)(H,18,21);4-5,10H,1-3H3;2-3H2,1H3,(H4,5,6,7)/b12-8+;;. The van der Waals surface area contributed by atoms with E-state index < -0.39 is 23.6 Å². The van der Waals surface area contributed by atoms with Crippen LogP contribution in [0.5, 0.6) is 5.75 Å². The number of nitrogens with two attached hydrogens (primary N) is 2. The summed E-state index contributed by atoms with van der Waals surface area (Å²) in [5, 5.41) is 13.7. The Morgan fingerprint density at radius 3 is 2.05 bits per heavy atom. The monoisotopic (exact) mass is 561 g/mol. The van der Waals surface area contributed by atoms with Crippen LogP contribution in [0, 0.1) is 20.8 Å². The van der Waals surface area contributed by atoms with Gasteiger partial charge in [-0.1, -0.05) is 38.3 Å². The largest absolute Gasteiger partial charge is 0.508 e. The maximum absolute atomic E-state index is 11.5. The third kappa shape index (κ3) is 21.8. The normalized spacial score (nSPS) is 10.3. The Bertz CT molecular complexity index is 1010. The van der Waals surface area contributed by atoms with E-state index in [1.807, 2.05) is 20.8 Å². The average molecular weight is 562 g/mol. The van der Waals surface area contributed by atoms with Crippen molar-refractivity contribution in [2.24, 2.45) is 16.5 Å². The molecule has 11 heteroatoms. The van der Waals surface area contributed by atoms with E-state index in [1.165, 1.54) is 11.6 Å². The van der Waals surface area contributed by atoms with Crippen LogP contribution in [-0.2, 0) is 19.1 Å². The second-order valence-electron chi connectivity index (χ2n) is 9.49. The number of nitrogens with zero attached hydrogens (tertiary/aromatic N) is 1. The number of ether oxygens (including phenoxy) is 2. The van der Waals surface area contributed by atoms with Gasteiger partial charge in [-0.25, -0.2) is 4.79 Å². The van der Waals surface area contributed by atoms with Gasteiger partial charge in [-0.3, -0.25) is 14.6 Å². The number of guanidine groups is 1. The zero-order valence-electron chi connectivity index (χ0n) is 24.9. The van der Waals surface area contributed by atoms with Gasteiger partial charge in [-0.15, -0.1) is 0 Å². The van der Waals surface area contributed by atoms with Crippen molar-refractivity contribution in [1.82, 2.24) is 10.6 Å². The summed E-state index contributed by atoms with van der Waals surface area (Å²) in [4.78, 5) is 38.0. The number of allylic oxidation sites excluding steroid dienone is 2. The van der Waals surface area contributed by atoms with E-state index in [9.17, 15) is 14.4 Å². The highest BCUT2D eigenvalue weighted by Gasteiger charge is 2.16. The molecule has 0 aliphatic rings. The Morgan fingerprint density at radius 2 is 1.62 bits per heavy atom. The summed E-state index contributed by atoms with van der Waals surface area (Å²) >= 11 is 0. The van der Waals surface area contributed by atoms with Crippen molar-refractivity contribution in [1.29, 1.82) is 0 Å². The number of amides is 2. The Morgan fingerprint density at radius 1 is 1.05 bits per heavy atom. The fourth-order valence-corrected chi connectivity index (χ4v) is 2.49. The van der Waals surface area contributed by atoms with E-state index in [1.54, 1.807) is 45.1 Å². The van der Waals surface area contributed by atoms with Crippen LogP contribution in [0.4, 0.5) is 4.79 Å². The van der Waals surface area contributed by atoms with Crippen molar-refractivity contribution in [2.45, 2.75) is 60.5 Å². The Hall–Kier alpha value is -4.28. The van der Waals surface area contributed by atoms with E-state index in [2.05, 4.69) is 35.7 Å². The molecule has 1 aromatic rings. The first-order valence-electron chi connectivity index (χ1n) is 12.7. The van der Waals surface area contributed by atoms with Gasteiger partial charge in [0.15, 0.2) is 5.96 Å². The Kier molecular flexibility index (Phi) is 19.6. The Labute approximate surface area is 238 Å². The first-order chi connectivity index (χ1) is 18.6. The number of carbonyl (C=O) groups excluding carboxylic acids is 3. The lowest BCUT2D eigenvalue weighted by Gasteiger charge is -2.19. The van der Waals surface area contributed by atoms with Crippen LogP contribution >= 0.6 is 0 Å². The summed E-state index contributed by atoms with van der Waals surface area (Å²) in [7, 11) is 0. The molecule has 0 unspecified atom stereocenters.